The zero-order valence-electron chi connectivity index (χ0n) is 14.2. The number of nitrogens with one attached hydrogen (secondary N) is 2. The first-order valence-corrected chi connectivity index (χ1v) is 7.95. The molecule has 0 aliphatic heterocycles. The molecule has 1 aromatic heterocycles. The number of benzene rings is 1. The maximum atomic E-state index is 12.3. The van der Waals surface area contributed by atoms with Crippen molar-refractivity contribution in [2.75, 3.05) is 17.2 Å². The zero-order chi connectivity index (χ0) is 17.5. The number of Topliss-reactive ketones (excluding diaryl/α,β-unsaturated/α-hetero) is 1. The average Bonchev–Trinajstić information content (AvgIpc) is 2.55. The van der Waals surface area contributed by atoms with Crippen LogP contribution in [0.1, 0.15) is 48.0 Å². The van der Waals surface area contributed by atoms with Gasteiger partial charge in [-0.05, 0) is 49.6 Å². The molecule has 0 aliphatic carbocycles. The fourth-order valence-electron chi connectivity index (χ4n) is 2.03. The van der Waals surface area contributed by atoms with Gasteiger partial charge in [0.1, 0.15) is 5.69 Å². The number of aromatic nitrogens is 2. The fraction of sp³-hybridized carbons (Fsp3) is 0.333. The zero-order valence-corrected chi connectivity index (χ0v) is 14.2. The molecule has 0 bridgehead atoms. The van der Waals surface area contributed by atoms with Gasteiger partial charge in [0.25, 0.3) is 5.91 Å². The van der Waals surface area contributed by atoms with E-state index in [1.54, 1.807) is 36.5 Å². The van der Waals surface area contributed by atoms with Gasteiger partial charge in [0, 0.05) is 24.0 Å². The van der Waals surface area contributed by atoms with Gasteiger partial charge in [-0.2, -0.15) is 0 Å². The molecule has 0 saturated heterocycles. The molecule has 126 valence electrons. The molecule has 1 amide bonds. The Bertz CT molecular complexity index is 711. The second-order valence-electron chi connectivity index (χ2n) is 5.96. The summed E-state index contributed by atoms with van der Waals surface area (Å²) in [6.07, 6.45) is 2.56. The van der Waals surface area contributed by atoms with Crippen molar-refractivity contribution in [1.29, 1.82) is 0 Å². The second kappa shape index (κ2) is 8.19. The summed E-state index contributed by atoms with van der Waals surface area (Å²) in [7, 11) is 0. The highest BCUT2D eigenvalue weighted by Crippen LogP contribution is 2.12. The highest BCUT2D eigenvalue weighted by Gasteiger charge is 2.10. The highest BCUT2D eigenvalue weighted by atomic mass is 16.2. The molecule has 0 atom stereocenters. The van der Waals surface area contributed by atoms with Crippen LogP contribution in [0.15, 0.2) is 36.5 Å². The van der Waals surface area contributed by atoms with Gasteiger partial charge < -0.3 is 10.6 Å². The quantitative estimate of drug-likeness (QED) is 0.762. The summed E-state index contributed by atoms with van der Waals surface area (Å²) < 4.78 is 0. The van der Waals surface area contributed by atoms with E-state index in [1.807, 2.05) is 0 Å². The number of hydrogen-bond acceptors (Lipinski definition) is 5. The number of hydrogen-bond donors (Lipinski definition) is 2. The van der Waals surface area contributed by atoms with Crippen LogP contribution in [0.3, 0.4) is 0 Å². The number of amides is 1. The molecule has 6 heteroatoms. The Morgan fingerprint density at radius 1 is 1.12 bits per heavy atom. The van der Waals surface area contributed by atoms with Crippen molar-refractivity contribution < 1.29 is 9.59 Å². The Morgan fingerprint density at radius 3 is 2.46 bits per heavy atom. The summed E-state index contributed by atoms with van der Waals surface area (Å²) in [5.41, 5.74) is 1.50. The van der Waals surface area contributed by atoms with Crippen molar-refractivity contribution in [3.05, 3.63) is 47.8 Å². The van der Waals surface area contributed by atoms with Crippen LogP contribution >= 0.6 is 0 Å². The molecular formula is C18H22N4O2. The molecular weight excluding hydrogens is 304 g/mol. The Labute approximate surface area is 141 Å². The van der Waals surface area contributed by atoms with Crippen molar-refractivity contribution in [3.63, 3.8) is 0 Å². The second-order valence-corrected chi connectivity index (χ2v) is 5.96. The number of rotatable bonds is 7. The minimum absolute atomic E-state index is 0.0132. The largest absolute Gasteiger partial charge is 0.354 e. The van der Waals surface area contributed by atoms with E-state index >= 15 is 0 Å². The average molecular weight is 326 g/mol. The van der Waals surface area contributed by atoms with Gasteiger partial charge in [0.05, 0.1) is 0 Å². The first-order valence-electron chi connectivity index (χ1n) is 7.95. The van der Waals surface area contributed by atoms with Crippen molar-refractivity contribution in [2.24, 2.45) is 5.92 Å². The van der Waals surface area contributed by atoms with Crippen molar-refractivity contribution >= 4 is 23.3 Å². The normalized spacial score (nSPS) is 10.5. The van der Waals surface area contributed by atoms with E-state index in [-0.39, 0.29) is 17.4 Å². The van der Waals surface area contributed by atoms with E-state index in [0.717, 1.165) is 13.0 Å². The van der Waals surface area contributed by atoms with Crippen LogP contribution in [-0.4, -0.2) is 28.2 Å². The van der Waals surface area contributed by atoms with E-state index < -0.39 is 0 Å². The summed E-state index contributed by atoms with van der Waals surface area (Å²) in [4.78, 5) is 31.9. The fourth-order valence-corrected chi connectivity index (χ4v) is 2.03. The molecule has 1 aromatic carbocycles. The predicted molar refractivity (Wildman–Crippen MR) is 94.4 cm³/mol. The number of carbonyl (C=O) groups is 2. The van der Waals surface area contributed by atoms with Crippen molar-refractivity contribution in [3.8, 4) is 0 Å². The van der Waals surface area contributed by atoms with E-state index in [4.69, 9.17) is 0 Å². The standard InChI is InChI=1S/C18H22N4O2/c1-12(2)8-10-19-18-20-11-9-16(22-18)17(24)21-15-6-4-14(5-7-15)13(3)23/h4-7,9,11-12H,8,10H2,1-3H3,(H,21,24)(H,19,20,22). The molecule has 0 radical (unpaired) electrons. The number of carbonyl (C=O) groups excluding carboxylic acids is 2. The van der Waals surface area contributed by atoms with E-state index in [0.29, 0.717) is 23.1 Å². The van der Waals surface area contributed by atoms with Gasteiger partial charge in [-0.25, -0.2) is 9.97 Å². The van der Waals surface area contributed by atoms with Crippen LogP contribution in [0, 0.1) is 5.92 Å². The summed E-state index contributed by atoms with van der Waals surface area (Å²) in [6, 6.07) is 8.30. The van der Waals surface area contributed by atoms with Gasteiger partial charge in [0.2, 0.25) is 5.95 Å². The van der Waals surface area contributed by atoms with Crippen LogP contribution in [0.25, 0.3) is 0 Å². The third kappa shape index (κ3) is 5.15. The topological polar surface area (TPSA) is 84.0 Å². The Morgan fingerprint density at radius 2 is 1.83 bits per heavy atom. The molecule has 2 N–H and O–H groups in total. The first-order chi connectivity index (χ1) is 11.5. The van der Waals surface area contributed by atoms with Gasteiger partial charge in [-0.3, -0.25) is 9.59 Å². The van der Waals surface area contributed by atoms with Crippen LogP contribution in [-0.2, 0) is 0 Å². The third-order valence-electron chi connectivity index (χ3n) is 3.44. The summed E-state index contributed by atoms with van der Waals surface area (Å²) in [5.74, 6) is 0.692. The summed E-state index contributed by atoms with van der Waals surface area (Å²) in [5, 5.41) is 5.87. The Kier molecular flexibility index (Phi) is 6.01. The molecule has 0 fully saturated rings. The van der Waals surface area contributed by atoms with Gasteiger partial charge in [0.15, 0.2) is 5.78 Å². The lowest BCUT2D eigenvalue weighted by Crippen LogP contribution is -2.16. The van der Waals surface area contributed by atoms with Crippen molar-refractivity contribution in [1.82, 2.24) is 9.97 Å². The maximum Gasteiger partial charge on any atom is 0.274 e. The molecule has 0 saturated carbocycles. The van der Waals surface area contributed by atoms with E-state index in [9.17, 15) is 9.59 Å². The van der Waals surface area contributed by atoms with Gasteiger partial charge in [-0.1, -0.05) is 13.8 Å². The number of anilines is 2. The van der Waals surface area contributed by atoms with E-state index in [2.05, 4.69) is 34.4 Å². The minimum atomic E-state index is -0.320. The summed E-state index contributed by atoms with van der Waals surface area (Å²) in [6.45, 7) is 6.55. The lowest BCUT2D eigenvalue weighted by atomic mass is 10.1. The molecule has 1 heterocycles. The van der Waals surface area contributed by atoms with E-state index in [1.165, 1.54) is 6.92 Å². The number of nitrogens with zero attached hydrogens (tertiary/aromatic N) is 2. The Balaban J connectivity index is 2.00. The number of ketones is 1. The predicted octanol–water partition coefficient (Wildman–Crippen LogP) is 3.39. The third-order valence-corrected chi connectivity index (χ3v) is 3.44. The van der Waals surface area contributed by atoms with Gasteiger partial charge in [-0.15, -0.1) is 0 Å². The lowest BCUT2D eigenvalue weighted by molar-refractivity contribution is 0.101. The van der Waals surface area contributed by atoms with Crippen LogP contribution in [0.2, 0.25) is 0 Å². The lowest BCUT2D eigenvalue weighted by Gasteiger charge is -2.08. The molecule has 2 aromatic rings. The monoisotopic (exact) mass is 326 g/mol. The smallest absolute Gasteiger partial charge is 0.274 e. The molecule has 6 nitrogen and oxygen atoms in total. The SMILES string of the molecule is CC(=O)c1ccc(NC(=O)c2ccnc(NCCC(C)C)n2)cc1. The van der Waals surface area contributed by atoms with Crippen LogP contribution < -0.4 is 10.6 Å². The van der Waals surface area contributed by atoms with Crippen molar-refractivity contribution in [2.45, 2.75) is 27.2 Å². The molecule has 0 spiro atoms. The molecule has 0 unspecified atom stereocenters. The maximum absolute atomic E-state index is 12.3. The Hall–Kier alpha value is -2.76. The highest BCUT2D eigenvalue weighted by molar-refractivity contribution is 6.03. The first kappa shape index (κ1) is 17.6. The summed E-state index contributed by atoms with van der Waals surface area (Å²) >= 11 is 0. The molecule has 24 heavy (non-hydrogen) atoms. The minimum Gasteiger partial charge on any atom is -0.354 e. The van der Waals surface area contributed by atoms with Crippen LogP contribution in [0.4, 0.5) is 11.6 Å². The molecule has 2 rings (SSSR count). The molecule has 0 aliphatic rings. The van der Waals surface area contributed by atoms with Gasteiger partial charge >= 0.3 is 0 Å². The van der Waals surface area contributed by atoms with Crippen LogP contribution in [0.5, 0.6) is 0 Å².